The molecule has 10 nitrogen and oxygen atoms in total. The first-order chi connectivity index (χ1) is 20.9. The normalized spacial score (nSPS) is 39.1. The fourth-order valence-electron chi connectivity index (χ4n) is 9.97. The largest absolute Gasteiger partial charge is 0.393 e. The number of nitrogens with zero attached hydrogens (tertiary/aromatic N) is 3. The Bertz CT molecular complexity index is 1150. The van der Waals surface area contributed by atoms with Crippen LogP contribution in [0.25, 0.3) is 10.4 Å². The van der Waals surface area contributed by atoms with Crippen LogP contribution in [-0.2, 0) is 9.59 Å². The first-order valence-electron chi connectivity index (χ1n) is 16.7. The van der Waals surface area contributed by atoms with Gasteiger partial charge < -0.3 is 26.0 Å². The molecule has 1 unspecified atom stereocenters. The monoisotopic (exact) mass is 611 g/mol. The zero-order valence-corrected chi connectivity index (χ0v) is 26.7. The van der Waals surface area contributed by atoms with Crippen molar-refractivity contribution < 1.29 is 24.9 Å². The highest BCUT2D eigenvalue weighted by atomic mass is 16.3. The molecule has 10 heteroatoms. The van der Waals surface area contributed by atoms with Gasteiger partial charge in [0, 0.05) is 17.8 Å². The maximum Gasteiger partial charge on any atom is 0.245 e. The molecule has 4 saturated carbocycles. The Morgan fingerprint density at radius 2 is 1.91 bits per heavy atom. The quantitative estimate of drug-likeness (QED) is 0.0413. The van der Waals surface area contributed by atoms with Crippen LogP contribution in [0.5, 0.6) is 0 Å². The topological polar surface area (TPSA) is 168 Å². The van der Waals surface area contributed by atoms with Gasteiger partial charge in [0.1, 0.15) is 6.17 Å². The molecule has 4 fully saturated rings. The average Bonchev–Trinajstić information content (AvgIpc) is 3.34. The smallest absolute Gasteiger partial charge is 0.245 e. The fraction of sp³-hybridized carbons (Fsp3) is 0.824. The number of carbonyl (C=O) groups excluding carboxylic acids is 2. The summed E-state index contributed by atoms with van der Waals surface area (Å²) in [5.74, 6) is 3.55. The van der Waals surface area contributed by atoms with Gasteiger partial charge in [0.25, 0.3) is 0 Å². The van der Waals surface area contributed by atoms with Gasteiger partial charge >= 0.3 is 0 Å². The van der Waals surface area contributed by atoms with Crippen LogP contribution in [-0.4, -0.2) is 58.2 Å². The Hall–Kier alpha value is -2.57. The summed E-state index contributed by atoms with van der Waals surface area (Å²) in [6.07, 6.45) is 15.5. The molecule has 0 heterocycles. The Balaban J connectivity index is 1.33. The van der Waals surface area contributed by atoms with Crippen molar-refractivity contribution in [3.05, 3.63) is 22.6 Å². The highest BCUT2D eigenvalue weighted by molar-refractivity contribution is 5.88. The molecular weight excluding hydrogens is 558 g/mol. The molecule has 0 aromatic carbocycles. The number of hydrogen-bond acceptors (Lipinski definition) is 6. The van der Waals surface area contributed by atoms with E-state index < -0.39 is 12.3 Å². The van der Waals surface area contributed by atoms with E-state index in [4.69, 9.17) is 12.0 Å². The molecule has 0 spiro atoms. The van der Waals surface area contributed by atoms with E-state index in [0.717, 1.165) is 51.4 Å². The number of fused-ring (bicyclic) bond motifs is 5. The summed E-state index contributed by atoms with van der Waals surface area (Å²) < 4.78 is 0. The number of aliphatic hydroxyl groups excluding tert-OH is 3. The molecule has 5 N–H and O–H groups in total. The summed E-state index contributed by atoms with van der Waals surface area (Å²) in [4.78, 5) is 27.4. The molecule has 4 aliphatic carbocycles. The van der Waals surface area contributed by atoms with Crippen LogP contribution in [0.3, 0.4) is 0 Å². The third kappa shape index (κ3) is 7.12. The zero-order chi connectivity index (χ0) is 32.1. The third-order valence-corrected chi connectivity index (χ3v) is 12.3. The second-order valence-corrected chi connectivity index (χ2v) is 14.6. The first-order valence-corrected chi connectivity index (χ1v) is 16.7. The first kappa shape index (κ1) is 34.3. The van der Waals surface area contributed by atoms with Gasteiger partial charge in [-0.05, 0) is 122 Å². The number of unbranched alkanes of at least 4 members (excludes halogenated alkanes) is 1. The Kier molecular flexibility index (Phi) is 11.4. The molecule has 2 amide bonds. The number of allylic oxidation sites excluding steroid dienone is 1. The minimum absolute atomic E-state index is 0.0608. The molecule has 0 radical (unpaired) electrons. The lowest BCUT2D eigenvalue weighted by Crippen LogP contribution is -2.62. The van der Waals surface area contributed by atoms with Crippen molar-refractivity contribution in [2.45, 2.75) is 122 Å². The molecule has 0 aromatic heterocycles. The van der Waals surface area contributed by atoms with Crippen molar-refractivity contribution in [1.29, 1.82) is 0 Å². The summed E-state index contributed by atoms with van der Waals surface area (Å²) >= 11 is 0. The number of aliphatic hydroxyl groups is 3. The number of nitrogens with one attached hydrogen (secondary N) is 2. The van der Waals surface area contributed by atoms with Crippen LogP contribution < -0.4 is 10.6 Å². The summed E-state index contributed by atoms with van der Waals surface area (Å²) in [7, 11) is 0. The summed E-state index contributed by atoms with van der Waals surface area (Å²) in [6.45, 7) is 6.75. The van der Waals surface area contributed by atoms with Crippen LogP contribution in [0.4, 0.5) is 0 Å². The lowest BCUT2D eigenvalue weighted by Gasteiger charge is -2.63. The van der Waals surface area contributed by atoms with Crippen LogP contribution in [0.1, 0.15) is 97.8 Å². The zero-order valence-electron chi connectivity index (χ0n) is 26.7. The minimum Gasteiger partial charge on any atom is -0.393 e. The SMILES string of the molecule is C#CCCCC(=O)NC(CN=[N+]=[N-])NC(=O)C=CCC[C@@H](C)[C@H]1CC[C@H]2[C@@H]3[C@H](O)C[C@@H]4C[C@H](O)CC[C@]4(C)[C@H]3C[C@H](O)[C@]12C. The fourth-order valence-corrected chi connectivity index (χ4v) is 9.97. The van der Waals surface area contributed by atoms with Crippen molar-refractivity contribution in [3.63, 3.8) is 0 Å². The van der Waals surface area contributed by atoms with E-state index >= 15 is 0 Å². The van der Waals surface area contributed by atoms with Gasteiger partial charge in [-0.2, -0.15) is 0 Å². The Labute approximate surface area is 262 Å². The lowest BCUT2D eigenvalue weighted by atomic mass is 9.43. The van der Waals surface area contributed by atoms with Gasteiger partial charge in [-0.1, -0.05) is 32.0 Å². The molecule has 44 heavy (non-hydrogen) atoms. The van der Waals surface area contributed by atoms with Crippen LogP contribution >= 0.6 is 0 Å². The number of hydrogen-bond donors (Lipinski definition) is 5. The number of amides is 2. The maximum absolute atomic E-state index is 12.6. The number of carbonyl (C=O) groups is 2. The second-order valence-electron chi connectivity index (χ2n) is 14.6. The highest BCUT2D eigenvalue weighted by Gasteiger charge is 2.65. The van der Waals surface area contributed by atoms with Crippen molar-refractivity contribution >= 4 is 11.8 Å². The predicted octanol–water partition coefficient (Wildman–Crippen LogP) is 4.59. The molecular formula is C34H53N5O5. The molecule has 0 aromatic rings. The van der Waals surface area contributed by atoms with Gasteiger partial charge in [0.15, 0.2) is 0 Å². The van der Waals surface area contributed by atoms with E-state index in [1.807, 2.05) is 6.08 Å². The molecule has 12 atom stereocenters. The number of azide groups is 1. The molecule has 0 aliphatic heterocycles. The lowest BCUT2D eigenvalue weighted by molar-refractivity contribution is -0.207. The van der Waals surface area contributed by atoms with Crippen LogP contribution in [0.2, 0.25) is 0 Å². The van der Waals surface area contributed by atoms with Crippen LogP contribution in [0, 0.1) is 58.7 Å². The average molecular weight is 612 g/mol. The van der Waals surface area contributed by atoms with Crippen molar-refractivity contribution in [3.8, 4) is 12.3 Å². The summed E-state index contributed by atoms with van der Waals surface area (Å²) in [6, 6.07) is 0. The summed E-state index contributed by atoms with van der Waals surface area (Å²) in [5, 5.41) is 42.5. The van der Waals surface area contributed by atoms with Crippen molar-refractivity contribution in [1.82, 2.24) is 10.6 Å². The molecule has 4 rings (SSSR count). The van der Waals surface area contributed by atoms with Crippen molar-refractivity contribution in [2.75, 3.05) is 6.54 Å². The standard InChI is InChI=1S/C34H53N5O5/c1-5-6-7-11-30(43)37-29(20-36-39-35)38-31(44)12-9-8-10-21(2)24-13-14-25-32-26(19-28(42)34(24,25)4)33(3)16-15-23(40)17-22(33)18-27(32)41/h1,9,12,21-29,32,40-42H,6-8,10-11,13-20H2,2-4H3,(H,37,43)(H,38,44)/t21-,22+,23-,24-,25+,26+,27-,28+,29?,32+,33+,34-/m1/s1. The van der Waals surface area contributed by atoms with Crippen molar-refractivity contribution in [2.24, 2.45) is 51.5 Å². The van der Waals surface area contributed by atoms with E-state index in [9.17, 15) is 24.9 Å². The third-order valence-electron chi connectivity index (χ3n) is 12.3. The predicted molar refractivity (Wildman–Crippen MR) is 168 cm³/mol. The van der Waals surface area contributed by atoms with E-state index in [0.29, 0.717) is 37.0 Å². The van der Waals surface area contributed by atoms with E-state index in [1.54, 1.807) is 0 Å². The van der Waals surface area contributed by atoms with Gasteiger partial charge in [-0.15, -0.1) is 12.3 Å². The van der Waals surface area contributed by atoms with Gasteiger partial charge in [-0.25, -0.2) is 0 Å². The number of terminal acetylenes is 1. The van der Waals surface area contributed by atoms with Gasteiger partial charge in [-0.3, -0.25) is 9.59 Å². The maximum atomic E-state index is 12.6. The van der Waals surface area contributed by atoms with Crippen LogP contribution in [0.15, 0.2) is 17.3 Å². The molecule has 4 aliphatic rings. The van der Waals surface area contributed by atoms with E-state index in [-0.39, 0.29) is 65.6 Å². The molecule has 0 saturated heterocycles. The van der Waals surface area contributed by atoms with E-state index in [1.165, 1.54) is 6.08 Å². The number of rotatable bonds is 12. The van der Waals surface area contributed by atoms with E-state index in [2.05, 4.69) is 47.4 Å². The Morgan fingerprint density at radius 3 is 2.64 bits per heavy atom. The van der Waals surface area contributed by atoms with Gasteiger partial charge in [0.2, 0.25) is 11.8 Å². The molecule has 244 valence electrons. The summed E-state index contributed by atoms with van der Waals surface area (Å²) in [5.41, 5.74) is 8.48. The second kappa shape index (κ2) is 14.7. The van der Waals surface area contributed by atoms with Gasteiger partial charge in [0.05, 0.1) is 24.9 Å². The minimum atomic E-state index is -0.807. The molecule has 0 bridgehead atoms. The highest BCUT2D eigenvalue weighted by Crippen LogP contribution is 2.68. The Morgan fingerprint density at radius 1 is 1.14 bits per heavy atom.